The lowest BCUT2D eigenvalue weighted by Gasteiger charge is -2.14. The average molecular weight is 462 g/mol. The van der Waals surface area contributed by atoms with Gasteiger partial charge < -0.3 is 24.3 Å². The second kappa shape index (κ2) is 9.49. The molecule has 2 heterocycles. The van der Waals surface area contributed by atoms with Crippen molar-refractivity contribution in [3.8, 4) is 28.5 Å². The van der Waals surface area contributed by atoms with Gasteiger partial charge in [0.2, 0.25) is 5.75 Å². The summed E-state index contributed by atoms with van der Waals surface area (Å²) in [5.41, 5.74) is 2.95. The van der Waals surface area contributed by atoms with E-state index in [1.165, 1.54) is 28.4 Å². The number of carbonyl (C=O) groups excluding carboxylic acids is 2. The third-order valence-electron chi connectivity index (χ3n) is 5.11. The summed E-state index contributed by atoms with van der Waals surface area (Å²) in [6.45, 7) is 0. The maximum absolute atomic E-state index is 12.8. The van der Waals surface area contributed by atoms with Crippen LogP contribution in [0, 0.1) is 0 Å². The summed E-state index contributed by atoms with van der Waals surface area (Å²) >= 11 is 0. The standard InChI is InChI=1S/C24H22N4O6/c1-31-19-11-15(12-20(32-2)22(19)33-3)18-9-10-25-21-13-17(27-28(18)21)23(29)26-16-7-5-14(6-8-16)24(30)34-4/h5-13H,1-4H3,(H,26,29). The van der Waals surface area contributed by atoms with Crippen LogP contribution in [0.3, 0.4) is 0 Å². The van der Waals surface area contributed by atoms with Crippen molar-refractivity contribution in [3.63, 3.8) is 0 Å². The molecule has 0 spiro atoms. The van der Waals surface area contributed by atoms with E-state index in [0.717, 1.165) is 5.56 Å². The highest BCUT2D eigenvalue weighted by Crippen LogP contribution is 2.41. The molecule has 0 saturated heterocycles. The van der Waals surface area contributed by atoms with Crippen molar-refractivity contribution in [2.24, 2.45) is 0 Å². The number of rotatable bonds is 7. The first-order valence-corrected chi connectivity index (χ1v) is 10.1. The third-order valence-corrected chi connectivity index (χ3v) is 5.11. The van der Waals surface area contributed by atoms with Gasteiger partial charge in [-0.2, -0.15) is 5.10 Å². The normalized spacial score (nSPS) is 10.6. The van der Waals surface area contributed by atoms with Gasteiger partial charge >= 0.3 is 5.97 Å². The summed E-state index contributed by atoms with van der Waals surface area (Å²) in [5, 5.41) is 7.22. The zero-order valence-corrected chi connectivity index (χ0v) is 19.0. The van der Waals surface area contributed by atoms with Gasteiger partial charge in [-0.15, -0.1) is 0 Å². The minimum atomic E-state index is -0.455. The van der Waals surface area contributed by atoms with Crippen LogP contribution in [0.25, 0.3) is 16.9 Å². The number of fused-ring (bicyclic) bond motifs is 1. The zero-order valence-electron chi connectivity index (χ0n) is 19.0. The molecule has 1 amide bonds. The first-order valence-electron chi connectivity index (χ1n) is 10.1. The molecule has 0 aliphatic heterocycles. The summed E-state index contributed by atoms with van der Waals surface area (Å²) in [5.74, 6) is 0.568. The number of ether oxygens (including phenoxy) is 4. The molecule has 34 heavy (non-hydrogen) atoms. The van der Waals surface area contributed by atoms with Gasteiger partial charge in [-0.1, -0.05) is 0 Å². The zero-order chi connectivity index (χ0) is 24.2. The topological polar surface area (TPSA) is 113 Å². The van der Waals surface area contributed by atoms with E-state index in [2.05, 4.69) is 20.1 Å². The fourth-order valence-electron chi connectivity index (χ4n) is 3.46. The van der Waals surface area contributed by atoms with Gasteiger partial charge in [0.1, 0.15) is 0 Å². The molecular weight excluding hydrogens is 440 g/mol. The van der Waals surface area contributed by atoms with E-state index >= 15 is 0 Å². The molecule has 1 N–H and O–H groups in total. The second-order valence-electron chi connectivity index (χ2n) is 7.07. The fourth-order valence-corrected chi connectivity index (χ4v) is 3.46. The van der Waals surface area contributed by atoms with E-state index in [1.807, 2.05) is 0 Å². The number of benzene rings is 2. The number of nitrogens with zero attached hydrogens (tertiary/aromatic N) is 3. The molecule has 0 fully saturated rings. The van der Waals surface area contributed by atoms with Crippen molar-refractivity contribution in [3.05, 3.63) is 66.0 Å². The summed E-state index contributed by atoms with van der Waals surface area (Å²) in [6, 6.07) is 13.3. The van der Waals surface area contributed by atoms with Gasteiger partial charge in [0.05, 0.1) is 39.7 Å². The Morgan fingerprint density at radius 3 is 2.15 bits per heavy atom. The smallest absolute Gasteiger partial charge is 0.337 e. The number of esters is 1. The number of amides is 1. The Morgan fingerprint density at radius 2 is 1.56 bits per heavy atom. The number of nitrogens with one attached hydrogen (secondary N) is 1. The van der Waals surface area contributed by atoms with Crippen molar-refractivity contribution >= 4 is 23.2 Å². The molecule has 2 aromatic heterocycles. The molecule has 0 unspecified atom stereocenters. The minimum absolute atomic E-state index is 0.171. The Hall–Kier alpha value is -4.60. The summed E-state index contributed by atoms with van der Waals surface area (Å²) in [7, 11) is 5.92. The molecule has 0 atom stereocenters. The molecule has 10 nitrogen and oxygen atoms in total. The first kappa shape index (κ1) is 22.6. The molecular formula is C24H22N4O6. The maximum Gasteiger partial charge on any atom is 0.337 e. The predicted molar refractivity (Wildman–Crippen MR) is 124 cm³/mol. The van der Waals surface area contributed by atoms with Gasteiger partial charge in [-0.25, -0.2) is 14.3 Å². The van der Waals surface area contributed by atoms with Crippen molar-refractivity contribution < 1.29 is 28.5 Å². The number of carbonyl (C=O) groups is 2. The average Bonchev–Trinajstić information content (AvgIpc) is 3.32. The highest BCUT2D eigenvalue weighted by Gasteiger charge is 2.18. The minimum Gasteiger partial charge on any atom is -0.493 e. The lowest BCUT2D eigenvalue weighted by Crippen LogP contribution is -2.13. The summed E-state index contributed by atoms with van der Waals surface area (Å²) in [6.07, 6.45) is 1.63. The molecule has 0 radical (unpaired) electrons. The van der Waals surface area contributed by atoms with Crippen LogP contribution in [0.1, 0.15) is 20.8 Å². The molecule has 10 heteroatoms. The quantitative estimate of drug-likeness (QED) is 0.416. The Kier molecular flexibility index (Phi) is 6.30. The van der Waals surface area contributed by atoms with Crippen LogP contribution >= 0.6 is 0 Å². The fraction of sp³-hybridized carbons (Fsp3) is 0.167. The largest absolute Gasteiger partial charge is 0.493 e. The molecule has 174 valence electrons. The molecule has 0 aliphatic carbocycles. The lowest BCUT2D eigenvalue weighted by molar-refractivity contribution is 0.0600. The molecule has 4 rings (SSSR count). The van der Waals surface area contributed by atoms with Crippen LogP contribution in [-0.2, 0) is 4.74 Å². The monoisotopic (exact) mass is 462 g/mol. The van der Waals surface area contributed by atoms with Crippen LogP contribution in [0.15, 0.2) is 54.7 Å². The SMILES string of the molecule is COC(=O)c1ccc(NC(=O)c2cc3nccc(-c4cc(OC)c(OC)c(OC)c4)n3n2)cc1. The van der Waals surface area contributed by atoms with Crippen LogP contribution in [-0.4, -0.2) is 54.9 Å². The van der Waals surface area contributed by atoms with Gasteiger partial charge in [-0.05, 0) is 42.5 Å². The van der Waals surface area contributed by atoms with Crippen molar-refractivity contribution in [2.45, 2.75) is 0 Å². The van der Waals surface area contributed by atoms with Gasteiger partial charge in [0, 0.05) is 23.5 Å². The molecule has 4 aromatic rings. The van der Waals surface area contributed by atoms with E-state index in [4.69, 9.17) is 14.2 Å². The molecule has 0 bridgehead atoms. The number of aromatic nitrogens is 3. The second-order valence-corrected chi connectivity index (χ2v) is 7.07. The van der Waals surface area contributed by atoms with Gasteiger partial charge in [0.25, 0.3) is 5.91 Å². The van der Waals surface area contributed by atoms with Crippen LogP contribution in [0.2, 0.25) is 0 Å². The Labute approximate surface area is 195 Å². The highest BCUT2D eigenvalue weighted by molar-refractivity contribution is 6.03. The van der Waals surface area contributed by atoms with Crippen molar-refractivity contribution in [1.82, 2.24) is 14.6 Å². The van der Waals surface area contributed by atoms with E-state index < -0.39 is 11.9 Å². The number of hydrogen-bond acceptors (Lipinski definition) is 8. The number of anilines is 1. The van der Waals surface area contributed by atoms with E-state index in [0.29, 0.717) is 39.8 Å². The maximum atomic E-state index is 12.8. The first-order chi connectivity index (χ1) is 16.5. The number of methoxy groups -OCH3 is 4. The lowest BCUT2D eigenvalue weighted by atomic mass is 10.1. The van der Waals surface area contributed by atoms with Crippen LogP contribution in [0.4, 0.5) is 5.69 Å². The Bertz CT molecular complexity index is 1340. The summed E-state index contributed by atoms with van der Waals surface area (Å²) in [4.78, 5) is 28.7. The Balaban J connectivity index is 1.67. The summed E-state index contributed by atoms with van der Waals surface area (Å²) < 4.78 is 22.5. The van der Waals surface area contributed by atoms with Gasteiger partial charge in [0.15, 0.2) is 22.8 Å². The number of hydrogen-bond donors (Lipinski definition) is 1. The third kappa shape index (κ3) is 4.20. The highest BCUT2D eigenvalue weighted by atomic mass is 16.5. The molecule has 0 saturated carbocycles. The van der Waals surface area contributed by atoms with E-state index in [9.17, 15) is 9.59 Å². The molecule has 0 aliphatic rings. The Morgan fingerprint density at radius 1 is 0.882 bits per heavy atom. The molecule has 2 aromatic carbocycles. The van der Waals surface area contributed by atoms with Crippen molar-refractivity contribution in [2.75, 3.05) is 33.8 Å². The van der Waals surface area contributed by atoms with Gasteiger partial charge in [-0.3, -0.25) is 4.79 Å². The van der Waals surface area contributed by atoms with Crippen LogP contribution in [0.5, 0.6) is 17.2 Å². The van der Waals surface area contributed by atoms with E-state index in [-0.39, 0.29) is 5.69 Å². The van der Waals surface area contributed by atoms with E-state index in [1.54, 1.807) is 59.2 Å². The van der Waals surface area contributed by atoms with Crippen molar-refractivity contribution in [1.29, 1.82) is 0 Å². The predicted octanol–water partition coefficient (Wildman–Crippen LogP) is 3.46. The van der Waals surface area contributed by atoms with Crippen LogP contribution < -0.4 is 19.5 Å².